The van der Waals surface area contributed by atoms with Gasteiger partial charge in [0, 0.05) is 19.3 Å². The topological polar surface area (TPSA) is 78.9 Å². The van der Waals surface area contributed by atoms with Crippen molar-refractivity contribution in [2.24, 2.45) is 0 Å². The van der Waals surface area contributed by atoms with E-state index in [0.717, 1.165) is 70.6 Å². The van der Waals surface area contributed by atoms with Crippen molar-refractivity contribution in [1.82, 2.24) is 0 Å². The van der Waals surface area contributed by atoms with Gasteiger partial charge in [-0.2, -0.15) is 0 Å². The minimum absolute atomic E-state index is 0.0835. The number of hydrogen-bond donors (Lipinski definition) is 0. The van der Waals surface area contributed by atoms with Gasteiger partial charge in [-0.25, -0.2) is 0 Å². The van der Waals surface area contributed by atoms with Crippen molar-refractivity contribution >= 4 is 17.9 Å². The molecule has 71 heavy (non-hydrogen) atoms. The summed E-state index contributed by atoms with van der Waals surface area (Å²) >= 11 is 0. The molecule has 0 radical (unpaired) electrons. The zero-order valence-corrected chi connectivity index (χ0v) is 47.5. The maximum atomic E-state index is 12.9. The number of ether oxygens (including phenoxy) is 3. The SMILES string of the molecule is CCCCC/C=C\C/C=C\C/C=C\CCCCC(=O)OC[C@H](COC(=O)CCCCCCCCCCCCCCCCCCCCCCC)OC(=O)CCCCCCCCC/C=C\CCCCCCCC. The number of unbranched alkanes of at least 4 members (excludes halogenated alkanes) is 38. The Balaban J connectivity index is 4.35. The Kier molecular flexibility index (Phi) is 57.7. The number of hydrogen-bond acceptors (Lipinski definition) is 6. The third-order valence-electron chi connectivity index (χ3n) is 13.8. The summed E-state index contributed by atoms with van der Waals surface area (Å²) in [5, 5.41) is 0. The molecule has 0 bridgehead atoms. The predicted molar refractivity (Wildman–Crippen MR) is 307 cm³/mol. The average molecular weight is 996 g/mol. The Morgan fingerprint density at radius 3 is 0.859 bits per heavy atom. The molecule has 6 nitrogen and oxygen atoms in total. The van der Waals surface area contributed by atoms with Crippen molar-refractivity contribution in [3.05, 3.63) is 48.6 Å². The summed E-state index contributed by atoms with van der Waals surface area (Å²) in [5.41, 5.74) is 0. The Bertz CT molecular complexity index is 1230. The highest BCUT2D eigenvalue weighted by Crippen LogP contribution is 2.17. The lowest BCUT2D eigenvalue weighted by atomic mass is 10.0. The van der Waals surface area contributed by atoms with Crippen LogP contribution in [0.1, 0.15) is 329 Å². The lowest BCUT2D eigenvalue weighted by Crippen LogP contribution is -2.30. The van der Waals surface area contributed by atoms with Crippen LogP contribution < -0.4 is 0 Å². The highest BCUT2D eigenvalue weighted by Gasteiger charge is 2.19. The zero-order chi connectivity index (χ0) is 51.4. The van der Waals surface area contributed by atoms with Crippen molar-refractivity contribution in [3.63, 3.8) is 0 Å². The summed E-state index contributed by atoms with van der Waals surface area (Å²) in [5.74, 6) is -0.909. The van der Waals surface area contributed by atoms with Crippen LogP contribution in [-0.2, 0) is 28.6 Å². The maximum absolute atomic E-state index is 12.9. The largest absolute Gasteiger partial charge is 0.462 e. The number of rotatable bonds is 57. The average Bonchev–Trinajstić information content (AvgIpc) is 3.37. The molecule has 0 spiro atoms. The van der Waals surface area contributed by atoms with Gasteiger partial charge in [0.2, 0.25) is 0 Å². The van der Waals surface area contributed by atoms with E-state index in [0.29, 0.717) is 19.3 Å². The van der Waals surface area contributed by atoms with Crippen molar-refractivity contribution < 1.29 is 28.6 Å². The normalized spacial score (nSPS) is 12.3. The van der Waals surface area contributed by atoms with Gasteiger partial charge in [-0.1, -0.05) is 275 Å². The van der Waals surface area contributed by atoms with Gasteiger partial charge < -0.3 is 14.2 Å². The van der Waals surface area contributed by atoms with Crippen molar-refractivity contribution in [3.8, 4) is 0 Å². The first-order valence-electron chi connectivity index (χ1n) is 31.1. The van der Waals surface area contributed by atoms with Crippen molar-refractivity contribution in [2.75, 3.05) is 13.2 Å². The van der Waals surface area contributed by atoms with Crippen LogP contribution in [0.4, 0.5) is 0 Å². The van der Waals surface area contributed by atoms with E-state index >= 15 is 0 Å². The fourth-order valence-electron chi connectivity index (χ4n) is 9.09. The molecule has 0 unspecified atom stereocenters. The van der Waals surface area contributed by atoms with E-state index in [1.54, 1.807) is 0 Å². The van der Waals surface area contributed by atoms with Crippen LogP contribution in [0.5, 0.6) is 0 Å². The lowest BCUT2D eigenvalue weighted by Gasteiger charge is -2.18. The van der Waals surface area contributed by atoms with Crippen LogP contribution in [-0.4, -0.2) is 37.2 Å². The Morgan fingerprint density at radius 1 is 0.282 bits per heavy atom. The fourth-order valence-corrected chi connectivity index (χ4v) is 9.09. The summed E-state index contributed by atoms with van der Waals surface area (Å²) in [4.78, 5) is 38.2. The molecular formula is C65H118O6. The Labute approximate surface area is 441 Å². The molecule has 0 N–H and O–H groups in total. The first kappa shape index (κ1) is 68.4. The van der Waals surface area contributed by atoms with E-state index < -0.39 is 6.10 Å². The maximum Gasteiger partial charge on any atom is 0.306 e. The molecule has 0 aromatic rings. The van der Waals surface area contributed by atoms with Gasteiger partial charge in [-0.05, 0) is 83.5 Å². The van der Waals surface area contributed by atoms with Crippen molar-refractivity contribution in [2.45, 2.75) is 335 Å². The molecule has 0 amide bonds. The minimum atomic E-state index is -0.789. The summed E-state index contributed by atoms with van der Waals surface area (Å²) in [6, 6.07) is 0. The number of carbonyl (C=O) groups is 3. The predicted octanol–water partition coefficient (Wildman–Crippen LogP) is 21.0. The second-order valence-corrected chi connectivity index (χ2v) is 21.0. The molecule has 0 aliphatic rings. The minimum Gasteiger partial charge on any atom is -0.462 e. The summed E-state index contributed by atoms with van der Waals surface area (Å²) in [6.45, 7) is 6.62. The van der Waals surface area contributed by atoms with Crippen LogP contribution in [0, 0.1) is 0 Å². The highest BCUT2D eigenvalue weighted by atomic mass is 16.6. The van der Waals surface area contributed by atoms with Gasteiger partial charge >= 0.3 is 17.9 Å². The molecule has 0 fully saturated rings. The monoisotopic (exact) mass is 995 g/mol. The third kappa shape index (κ3) is 58.1. The van der Waals surface area contributed by atoms with Crippen LogP contribution >= 0.6 is 0 Å². The quantitative estimate of drug-likeness (QED) is 0.0261. The summed E-state index contributed by atoms with van der Waals surface area (Å²) < 4.78 is 16.9. The molecule has 0 aromatic heterocycles. The lowest BCUT2D eigenvalue weighted by molar-refractivity contribution is -0.167. The molecule has 0 aliphatic heterocycles. The van der Waals surface area contributed by atoms with Gasteiger partial charge in [-0.15, -0.1) is 0 Å². The molecule has 414 valence electrons. The van der Waals surface area contributed by atoms with E-state index in [1.807, 2.05) is 0 Å². The number of allylic oxidation sites excluding steroid dienone is 8. The molecule has 0 heterocycles. The highest BCUT2D eigenvalue weighted by molar-refractivity contribution is 5.71. The molecule has 0 rings (SSSR count). The van der Waals surface area contributed by atoms with Crippen molar-refractivity contribution in [1.29, 1.82) is 0 Å². The van der Waals surface area contributed by atoms with Gasteiger partial charge in [0.15, 0.2) is 6.10 Å². The first-order valence-corrected chi connectivity index (χ1v) is 31.1. The molecular weight excluding hydrogens is 877 g/mol. The molecule has 0 aromatic carbocycles. The number of carbonyl (C=O) groups excluding carboxylic acids is 3. The molecule has 0 saturated carbocycles. The Hall–Kier alpha value is -2.63. The smallest absolute Gasteiger partial charge is 0.306 e. The molecule has 0 saturated heterocycles. The summed E-state index contributed by atoms with van der Waals surface area (Å²) in [6.07, 6.45) is 74.0. The molecule has 1 atom stereocenters. The second kappa shape index (κ2) is 59.9. The van der Waals surface area contributed by atoms with Crippen LogP contribution in [0.3, 0.4) is 0 Å². The van der Waals surface area contributed by atoms with Crippen LogP contribution in [0.15, 0.2) is 48.6 Å². The van der Waals surface area contributed by atoms with Gasteiger partial charge in [0.25, 0.3) is 0 Å². The number of esters is 3. The van der Waals surface area contributed by atoms with Crippen LogP contribution in [0.2, 0.25) is 0 Å². The second-order valence-electron chi connectivity index (χ2n) is 21.0. The van der Waals surface area contributed by atoms with E-state index in [-0.39, 0.29) is 31.1 Å². The molecule has 0 aliphatic carbocycles. The summed E-state index contributed by atoms with van der Waals surface area (Å²) in [7, 11) is 0. The van der Waals surface area contributed by atoms with E-state index in [9.17, 15) is 14.4 Å². The molecule has 6 heteroatoms. The van der Waals surface area contributed by atoms with E-state index in [1.165, 1.54) is 218 Å². The third-order valence-corrected chi connectivity index (χ3v) is 13.8. The fraction of sp³-hybridized carbons (Fsp3) is 0.831. The van der Waals surface area contributed by atoms with E-state index in [4.69, 9.17) is 14.2 Å². The van der Waals surface area contributed by atoms with E-state index in [2.05, 4.69) is 69.4 Å². The van der Waals surface area contributed by atoms with Gasteiger partial charge in [0.1, 0.15) is 13.2 Å². The Morgan fingerprint density at radius 2 is 0.507 bits per heavy atom. The van der Waals surface area contributed by atoms with Gasteiger partial charge in [0.05, 0.1) is 0 Å². The zero-order valence-electron chi connectivity index (χ0n) is 47.5. The standard InChI is InChI=1S/C65H118O6/c1-4-7-10-13-16-19-22-25-28-30-31-32-33-35-37-40-43-46-49-52-55-58-64(67)70-61-62(60-69-63(66)57-54-51-48-45-42-39-36-27-24-21-18-15-12-9-6-3)71-65(68)59-56-53-50-47-44-41-38-34-29-26-23-20-17-14-11-8-5-2/h18,21,26-27,29,36,42,45,62H,4-17,19-20,22-25,28,30-35,37-41,43-44,46-61H2,1-3H3/b21-18-,29-26-,36-27-,45-42-/t62-/m1/s1. The van der Waals surface area contributed by atoms with Gasteiger partial charge in [-0.3, -0.25) is 14.4 Å². The van der Waals surface area contributed by atoms with Crippen LogP contribution in [0.25, 0.3) is 0 Å². The first-order chi connectivity index (χ1) is 35.0.